The van der Waals surface area contributed by atoms with Crippen LogP contribution in [0.15, 0.2) is 89.2 Å². The van der Waals surface area contributed by atoms with Gasteiger partial charge in [-0.3, -0.25) is 4.57 Å². The van der Waals surface area contributed by atoms with Gasteiger partial charge in [0.05, 0.1) is 43.2 Å². The third kappa shape index (κ3) is 8.37. The third-order valence-electron chi connectivity index (χ3n) is 6.88. The molecule has 0 saturated heterocycles. The van der Waals surface area contributed by atoms with Gasteiger partial charge in [0.25, 0.3) is 0 Å². The molecule has 0 bridgehead atoms. The monoisotopic (exact) mass is 654 g/mol. The van der Waals surface area contributed by atoms with Crippen LogP contribution < -0.4 is 14.2 Å². The van der Waals surface area contributed by atoms with Crippen LogP contribution in [0.5, 0.6) is 17.4 Å². The van der Waals surface area contributed by atoms with E-state index in [1.54, 1.807) is 62.2 Å². The van der Waals surface area contributed by atoms with Crippen molar-refractivity contribution in [2.45, 2.75) is 34.0 Å². The van der Waals surface area contributed by atoms with E-state index in [4.69, 9.17) is 27.7 Å². The highest BCUT2D eigenvalue weighted by Gasteiger charge is 2.20. The Morgan fingerprint density at radius 2 is 1.74 bits per heavy atom. The normalized spacial score (nSPS) is 11.5. The second kappa shape index (κ2) is 15.4. The summed E-state index contributed by atoms with van der Waals surface area (Å²) >= 11 is 0. The van der Waals surface area contributed by atoms with E-state index in [0.717, 1.165) is 11.3 Å². The molecule has 0 spiro atoms. The van der Waals surface area contributed by atoms with Crippen molar-refractivity contribution in [3.8, 4) is 40.6 Å². The largest absolute Gasteiger partial charge is 0.493 e. The highest BCUT2D eigenvalue weighted by atomic mass is 31.2. The summed E-state index contributed by atoms with van der Waals surface area (Å²) < 4.78 is 49.3. The number of benzene rings is 3. The van der Waals surface area contributed by atoms with Crippen LogP contribution in [0.2, 0.25) is 0 Å². The summed E-state index contributed by atoms with van der Waals surface area (Å²) in [6.07, 6.45) is 3.43. The molecule has 3 aromatic carbocycles. The number of oxazole rings is 1. The van der Waals surface area contributed by atoms with Crippen LogP contribution in [0.4, 0.5) is 0 Å². The molecule has 0 aliphatic heterocycles. The second-order valence-corrected chi connectivity index (χ2v) is 12.0. The van der Waals surface area contributed by atoms with Gasteiger partial charge in [0, 0.05) is 17.6 Å². The number of nitriles is 1. The molecule has 2 heterocycles. The SMILES string of the molecule is CCOP(=O)(/C=C/c1cn(-c2ccccc2)nc1OCc1ccc(OCc2nc(-c3cccc(C#N)c3)oc2C)c(OC)c1)OCC. The number of methoxy groups -OCH3 is 1. The number of hydrogen-bond donors (Lipinski definition) is 0. The molecule has 0 aliphatic rings. The summed E-state index contributed by atoms with van der Waals surface area (Å²) in [5, 5.41) is 13.8. The average molecular weight is 655 g/mol. The molecular formula is C35H35N4O7P. The third-order valence-corrected chi connectivity index (χ3v) is 8.63. The molecule has 0 saturated carbocycles. The predicted octanol–water partition coefficient (Wildman–Crippen LogP) is 8.11. The van der Waals surface area contributed by atoms with Crippen LogP contribution in [-0.4, -0.2) is 35.1 Å². The van der Waals surface area contributed by atoms with Gasteiger partial charge >= 0.3 is 7.60 Å². The van der Waals surface area contributed by atoms with Crippen molar-refractivity contribution in [3.63, 3.8) is 0 Å². The van der Waals surface area contributed by atoms with Crippen molar-refractivity contribution >= 4 is 13.7 Å². The van der Waals surface area contributed by atoms with Crippen molar-refractivity contribution < 1.29 is 32.2 Å². The first-order valence-corrected chi connectivity index (χ1v) is 16.6. The quantitative estimate of drug-likeness (QED) is 0.102. The van der Waals surface area contributed by atoms with Crippen LogP contribution in [0.1, 0.15) is 42.0 Å². The maximum Gasteiger partial charge on any atom is 0.354 e. The number of para-hydroxylation sites is 1. The van der Waals surface area contributed by atoms with Crippen molar-refractivity contribution in [1.82, 2.24) is 14.8 Å². The molecule has 47 heavy (non-hydrogen) atoms. The zero-order chi connectivity index (χ0) is 33.2. The molecule has 0 fully saturated rings. The summed E-state index contributed by atoms with van der Waals surface area (Å²) in [5.74, 6) is 3.83. The molecule has 0 N–H and O–H groups in total. The van der Waals surface area contributed by atoms with Gasteiger partial charge in [-0.2, -0.15) is 5.26 Å². The van der Waals surface area contributed by atoms with E-state index in [-0.39, 0.29) is 26.4 Å². The first-order valence-electron chi connectivity index (χ1n) is 15.0. The Labute approximate surface area is 273 Å². The fourth-order valence-corrected chi connectivity index (χ4v) is 5.90. The number of rotatable bonds is 15. The van der Waals surface area contributed by atoms with Crippen LogP contribution in [0.3, 0.4) is 0 Å². The zero-order valence-corrected chi connectivity index (χ0v) is 27.5. The Balaban J connectivity index is 1.31. The number of aromatic nitrogens is 3. The van der Waals surface area contributed by atoms with Crippen molar-refractivity contribution in [1.29, 1.82) is 5.26 Å². The molecule has 0 aliphatic carbocycles. The summed E-state index contributed by atoms with van der Waals surface area (Å²) in [7, 11) is -1.87. The Kier molecular flexibility index (Phi) is 10.9. The van der Waals surface area contributed by atoms with Gasteiger partial charge in [0.15, 0.2) is 11.5 Å². The van der Waals surface area contributed by atoms with Gasteiger partial charge in [-0.15, -0.1) is 5.10 Å². The predicted molar refractivity (Wildman–Crippen MR) is 177 cm³/mol. The Bertz CT molecular complexity index is 1920. The highest BCUT2D eigenvalue weighted by Crippen LogP contribution is 2.50. The first kappa shape index (κ1) is 33.2. The molecule has 5 rings (SSSR count). The smallest absolute Gasteiger partial charge is 0.354 e. The minimum absolute atomic E-state index is 0.152. The topological polar surface area (TPSA) is 131 Å². The zero-order valence-electron chi connectivity index (χ0n) is 26.6. The highest BCUT2D eigenvalue weighted by molar-refractivity contribution is 7.57. The maximum atomic E-state index is 13.1. The first-order chi connectivity index (χ1) is 22.8. The summed E-state index contributed by atoms with van der Waals surface area (Å²) in [6.45, 7) is 6.15. The van der Waals surface area contributed by atoms with E-state index in [0.29, 0.717) is 51.4 Å². The van der Waals surface area contributed by atoms with E-state index in [2.05, 4.69) is 16.2 Å². The minimum atomic E-state index is -3.44. The fourth-order valence-electron chi connectivity index (χ4n) is 4.59. The number of ether oxygens (including phenoxy) is 3. The van der Waals surface area contributed by atoms with Crippen molar-refractivity contribution in [3.05, 3.63) is 113 Å². The Hall–Kier alpha value is -5.14. The van der Waals surface area contributed by atoms with Gasteiger partial charge in [-0.1, -0.05) is 30.3 Å². The molecule has 12 heteroatoms. The van der Waals surface area contributed by atoms with E-state index < -0.39 is 7.60 Å². The molecule has 242 valence electrons. The number of aryl methyl sites for hydroxylation is 1. The van der Waals surface area contributed by atoms with Crippen molar-refractivity contribution in [2.75, 3.05) is 20.3 Å². The second-order valence-electron chi connectivity index (χ2n) is 10.1. The molecular weight excluding hydrogens is 619 g/mol. The lowest BCUT2D eigenvalue weighted by Crippen LogP contribution is -2.02. The summed E-state index contributed by atoms with van der Waals surface area (Å²) in [4.78, 5) is 4.58. The number of nitrogens with zero attached hydrogens (tertiary/aromatic N) is 4. The van der Waals surface area contributed by atoms with E-state index in [9.17, 15) is 9.83 Å². The lowest BCUT2D eigenvalue weighted by molar-refractivity contribution is 0.229. The molecule has 2 aromatic heterocycles. The Morgan fingerprint density at radius 1 is 0.957 bits per heavy atom. The maximum absolute atomic E-state index is 13.1. The molecule has 11 nitrogen and oxygen atoms in total. The van der Waals surface area contributed by atoms with Gasteiger partial charge in [-0.25, -0.2) is 9.67 Å². The standard InChI is InChI=1S/C35H35N4O7P/c1-5-44-47(40,45-6-2)18-17-29-22-39(30-13-8-7-9-14-30)38-35(29)43-23-27-15-16-32(33(20-27)41-4)42-24-31-25(3)46-34(37-31)28-12-10-11-26(19-28)21-36/h7-20,22H,5-6,23-24H2,1-4H3/b18-17+. The van der Waals surface area contributed by atoms with Crippen LogP contribution >= 0.6 is 7.60 Å². The van der Waals surface area contributed by atoms with Crippen LogP contribution in [0.25, 0.3) is 23.2 Å². The molecule has 0 radical (unpaired) electrons. The molecule has 0 unspecified atom stereocenters. The van der Waals surface area contributed by atoms with Gasteiger partial charge < -0.3 is 27.7 Å². The van der Waals surface area contributed by atoms with Gasteiger partial charge in [-0.05, 0) is 74.9 Å². The van der Waals surface area contributed by atoms with Crippen molar-refractivity contribution in [2.24, 2.45) is 0 Å². The van der Waals surface area contributed by atoms with Crippen LogP contribution in [0, 0.1) is 18.3 Å². The Morgan fingerprint density at radius 3 is 2.47 bits per heavy atom. The lowest BCUT2D eigenvalue weighted by atomic mass is 10.1. The number of hydrogen-bond acceptors (Lipinski definition) is 10. The van der Waals surface area contributed by atoms with Crippen LogP contribution in [-0.2, 0) is 26.8 Å². The average Bonchev–Trinajstić information content (AvgIpc) is 3.69. The van der Waals surface area contributed by atoms with E-state index in [1.165, 1.54) is 5.82 Å². The minimum Gasteiger partial charge on any atom is -0.493 e. The molecule has 0 amide bonds. The molecule has 5 aromatic rings. The van der Waals surface area contributed by atoms with Gasteiger partial charge in [0.2, 0.25) is 11.8 Å². The van der Waals surface area contributed by atoms with E-state index in [1.807, 2.05) is 55.5 Å². The van der Waals surface area contributed by atoms with E-state index >= 15 is 0 Å². The lowest BCUT2D eigenvalue weighted by Gasteiger charge is -2.13. The van der Waals surface area contributed by atoms with Gasteiger partial charge in [0.1, 0.15) is 24.7 Å². The fraction of sp³-hybridized carbons (Fsp3) is 0.229. The summed E-state index contributed by atoms with van der Waals surface area (Å²) in [5.41, 5.74) is 4.11. The molecule has 0 atom stereocenters. The summed E-state index contributed by atoms with van der Waals surface area (Å²) in [6, 6.07) is 24.3.